The summed E-state index contributed by atoms with van der Waals surface area (Å²) in [6, 6.07) is 9.77. The molecule has 0 spiro atoms. The van der Waals surface area contributed by atoms with Gasteiger partial charge >= 0.3 is 6.03 Å². The van der Waals surface area contributed by atoms with Gasteiger partial charge in [0.25, 0.3) is 0 Å². The first-order valence-electron chi connectivity index (χ1n) is 9.30. The third-order valence-corrected chi connectivity index (χ3v) is 4.74. The van der Waals surface area contributed by atoms with Gasteiger partial charge in [0.05, 0.1) is 0 Å². The van der Waals surface area contributed by atoms with Crippen LogP contribution in [0.2, 0.25) is 0 Å². The number of carbonyl (C=O) groups is 1. The van der Waals surface area contributed by atoms with Crippen LogP contribution in [0.15, 0.2) is 49.1 Å². The summed E-state index contributed by atoms with van der Waals surface area (Å²) in [5, 5.41) is 7.21. The summed E-state index contributed by atoms with van der Waals surface area (Å²) < 4.78 is 1.71. The van der Waals surface area contributed by atoms with Crippen LogP contribution >= 0.6 is 0 Å². The fourth-order valence-corrected chi connectivity index (χ4v) is 3.43. The molecule has 3 aromatic rings. The van der Waals surface area contributed by atoms with Crippen molar-refractivity contribution in [1.82, 2.24) is 24.6 Å². The minimum absolute atomic E-state index is 0.0652. The van der Waals surface area contributed by atoms with E-state index in [2.05, 4.69) is 31.3 Å². The molecule has 28 heavy (non-hydrogen) atoms. The van der Waals surface area contributed by atoms with Crippen molar-refractivity contribution in [2.24, 2.45) is 0 Å². The molecular weight excluding hydrogens is 354 g/mol. The van der Waals surface area contributed by atoms with Crippen LogP contribution in [0.5, 0.6) is 0 Å². The SMILES string of the molecule is Cc1cc(C)cc(NC(=O)N2CCN(c3cc(-n4cccn4)ncn3)CC2)c1. The Hall–Kier alpha value is -3.42. The Morgan fingerprint density at radius 3 is 2.36 bits per heavy atom. The number of nitrogens with zero attached hydrogens (tertiary/aromatic N) is 6. The quantitative estimate of drug-likeness (QED) is 0.759. The maximum Gasteiger partial charge on any atom is 0.321 e. The summed E-state index contributed by atoms with van der Waals surface area (Å²) in [6.45, 7) is 6.77. The van der Waals surface area contributed by atoms with E-state index in [0.717, 1.165) is 41.5 Å². The number of piperazine rings is 1. The van der Waals surface area contributed by atoms with Crippen molar-refractivity contribution in [3.05, 3.63) is 60.2 Å². The first-order chi connectivity index (χ1) is 13.6. The molecule has 1 fully saturated rings. The van der Waals surface area contributed by atoms with Gasteiger partial charge in [-0.3, -0.25) is 0 Å². The lowest BCUT2D eigenvalue weighted by molar-refractivity contribution is 0.208. The van der Waals surface area contributed by atoms with Crippen molar-refractivity contribution in [1.29, 1.82) is 0 Å². The van der Waals surface area contributed by atoms with Gasteiger partial charge in [-0.1, -0.05) is 6.07 Å². The molecule has 2 aromatic heterocycles. The Kier molecular flexibility index (Phi) is 4.92. The molecule has 1 aliphatic heterocycles. The molecule has 3 heterocycles. The molecule has 0 atom stereocenters. The molecular formula is C20H23N7O. The number of anilines is 2. The van der Waals surface area contributed by atoms with Crippen LogP contribution in [0, 0.1) is 13.8 Å². The molecule has 4 rings (SSSR count). The molecule has 0 bridgehead atoms. The molecule has 1 N–H and O–H groups in total. The van der Waals surface area contributed by atoms with E-state index in [0.29, 0.717) is 13.1 Å². The van der Waals surface area contributed by atoms with Crippen LogP contribution in [0.3, 0.4) is 0 Å². The summed E-state index contributed by atoms with van der Waals surface area (Å²) in [6.07, 6.45) is 5.11. The Morgan fingerprint density at radius 2 is 1.68 bits per heavy atom. The predicted molar refractivity (Wildman–Crippen MR) is 108 cm³/mol. The second-order valence-electron chi connectivity index (χ2n) is 6.97. The highest BCUT2D eigenvalue weighted by Crippen LogP contribution is 2.18. The van der Waals surface area contributed by atoms with Gasteiger partial charge in [0.2, 0.25) is 0 Å². The number of benzene rings is 1. The summed E-state index contributed by atoms with van der Waals surface area (Å²) in [5.74, 6) is 1.57. The van der Waals surface area contributed by atoms with Crippen molar-refractivity contribution in [3.8, 4) is 5.82 Å². The van der Waals surface area contributed by atoms with Crippen molar-refractivity contribution in [2.75, 3.05) is 36.4 Å². The Morgan fingerprint density at radius 1 is 0.964 bits per heavy atom. The summed E-state index contributed by atoms with van der Waals surface area (Å²) in [5.41, 5.74) is 3.11. The first kappa shape index (κ1) is 18.0. The number of hydrogen-bond acceptors (Lipinski definition) is 5. The van der Waals surface area contributed by atoms with Crippen molar-refractivity contribution in [3.63, 3.8) is 0 Å². The highest BCUT2D eigenvalue weighted by atomic mass is 16.2. The monoisotopic (exact) mass is 377 g/mol. The smallest absolute Gasteiger partial charge is 0.321 e. The summed E-state index contributed by atoms with van der Waals surface area (Å²) in [4.78, 5) is 25.3. The van der Waals surface area contributed by atoms with E-state index >= 15 is 0 Å². The Balaban J connectivity index is 1.38. The zero-order chi connectivity index (χ0) is 19.5. The van der Waals surface area contributed by atoms with Gasteiger partial charge < -0.3 is 15.1 Å². The molecule has 1 aliphatic rings. The van der Waals surface area contributed by atoms with E-state index in [1.165, 1.54) is 0 Å². The van der Waals surface area contributed by atoms with Crippen LogP contribution in [0.25, 0.3) is 5.82 Å². The van der Waals surface area contributed by atoms with Gasteiger partial charge in [0, 0.05) is 50.3 Å². The lowest BCUT2D eigenvalue weighted by atomic mass is 10.1. The highest BCUT2D eigenvalue weighted by Gasteiger charge is 2.22. The average Bonchev–Trinajstić information content (AvgIpc) is 3.22. The molecule has 144 valence electrons. The van der Waals surface area contributed by atoms with E-state index in [1.807, 2.05) is 49.2 Å². The third-order valence-electron chi connectivity index (χ3n) is 4.74. The molecule has 1 aromatic carbocycles. The van der Waals surface area contributed by atoms with Crippen LogP contribution in [-0.4, -0.2) is 56.9 Å². The number of aryl methyl sites for hydroxylation is 2. The number of aromatic nitrogens is 4. The predicted octanol–water partition coefficient (Wildman–Crippen LogP) is 2.63. The Labute approximate surface area is 163 Å². The maximum absolute atomic E-state index is 12.6. The van der Waals surface area contributed by atoms with E-state index in [4.69, 9.17) is 0 Å². The van der Waals surface area contributed by atoms with Gasteiger partial charge in [0.15, 0.2) is 5.82 Å². The first-order valence-corrected chi connectivity index (χ1v) is 9.30. The van der Waals surface area contributed by atoms with Crippen LogP contribution < -0.4 is 10.2 Å². The molecule has 8 heteroatoms. The third kappa shape index (κ3) is 3.95. The van der Waals surface area contributed by atoms with Crippen LogP contribution in [0.1, 0.15) is 11.1 Å². The van der Waals surface area contributed by atoms with E-state index in [-0.39, 0.29) is 6.03 Å². The van der Waals surface area contributed by atoms with Crippen LogP contribution in [-0.2, 0) is 0 Å². The largest absolute Gasteiger partial charge is 0.353 e. The summed E-state index contributed by atoms with van der Waals surface area (Å²) in [7, 11) is 0. The second-order valence-corrected chi connectivity index (χ2v) is 6.97. The van der Waals surface area contributed by atoms with E-state index in [9.17, 15) is 4.79 Å². The fraction of sp³-hybridized carbons (Fsp3) is 0.300. The number of hydrogen-bond donors (Lipinski definition) is 1. The zero-order valence-corrected chi connectivity index (χ0v) is 16.0. The molecule has 0 aliphatic carbocycles. The van der Waals surface area contributed by atoms with E-state index < -0.39 is 0 Å². The van der Waals surface area contributed by atoms with Crippen LogP contribution in [0.4, 0.5) is 16.3 Å². The zero-order valence-electron chi connectivity index (χ0n) is 16.0. The molecule has 8 nitrogen and oxygen atoms in total. The molecule has 0 radical (unpaired) electrons. The van der Waals surface area contributed by atoms with E-state index in [1.54, 1.807) is 17.2 Å². The standard InChI is InChI=1S/C20H23N7O/c1-15-10-16(2)12-17(11-15)24-20(28)26-8-6-25(7-9-26)18-13-19(22-14-21-18)27-5-3-4-23-27/h3-5,10-14H,6-9H2,1-2H3,(H,24,28). The topological polar surface area (TPSA) is 79.2 Å². The number of urea groups is 1. The van der Waals surface area contributed by atoms with Gasteiger partial charge in [0.1, 0.15) is 12.1 Å². The number of carbonyl (C=O) groups excluding carboxylic acids is 1. The molecule has 1 saturated heterocycles. The average molecular weight is 377 g/mol. The minimum Gasteiger partial charge on any atom is -0.353 e. The molecule has 0 saturated carbocycles. The van der Waals surface area contributed by atoms with Crippen molar-refractivity contribution < 1.29 is 4.79 Å². The molecule has 0 unspecified atom stereocenters. The fourth-order valence-electron chi connectivity index (χ4n) is 3.43. The second kappa shape index (κ2) is 7.67. The van der Waals surface area contributed by atoms with Gasteiger partial charge in [-0.15, -0.1) is 0 Å². The lowest BCUT2D eigenvalue weighted by Gasteiger charge is -2.35. The number of amides is 2. The normalized spacial score (nSPS) is 14.2. The summed E-state index contributed by atoms with van der Waals surface area (Å²) >= 11 is 0. The lowest BCUT2D eigenvalue weighted by Crippen LogP contribution is -2.50. The number of rotatable bonds is 3. The van der Waals surface area contributed by atoms with Crippen molar-refractivity contribution in [2.45, 2.75) is 13.8 Å². The van der Waals surface area contributed by atoms with Gasteiger partial charge in [-0.2, -0.15) is 5.10 Å². The van der Waals surface area contributed by atoms with Gasteiger partial charge in [-0.25, -0.2) is 19.4 Å². The Bertz CT molecular complexity index is 942. The molecule has 2 amide bonds. The maximum atomic E-state index is 12.6. The van der Waals surface area contributed by atoms with Crippen molar-refractivity contribution >= 4 is 17.5 Å². The van der Waals surface area contributed by atoms with Gasteiger partial charge in [-0.05, 0) is 43.2 Å². The highest BCUT2D eigenvalue weighted by molar-refractivity contribution is 5.89. The minimum atomic E-state index is -0.0652. The number of nitrogens with one attached hydrogen (secondary N) is 1.